The van der Waals surface area contributed by atoms with Crippen LogP contribution in [0.5, 0.6) is 0 Å². The highest BCUT2D eigenvalue weighted by molar-refractivity contribution is 5.82. The van der Waals surface area contributed by atoms with Crippen LogP contribution in [0, 0.1) is 17.3 Å². The van der Waals surface area contributed by atoms with Crippen LogP contribution in [-0.2, 0) is 9.53 Å². The van der Waals surface area contributed by atoms with Crippen LogP contribution in [0.25, 0.3) is 0 Å². The number of rotatable bonds is 5. The maximum atomic E-state index is 11.5. The summed E-state index contributed by atoms with van der Waals surface area (Å²) in [6, 6.07) is 0. The summed E-state index contributed by atoms with van der Waals surface area (Å²) in [7, 11) is 0. The van der Waals surface area contributed by atoms with Crippen LogP contribution in [0.2, 0.25) is 0 Å². The standard InChI is InChI=1S/C17H28O2/c1-7-19-16(18)9-13(4)8-14-10-17(5,6)11-15(14)12(2)3/h9,14-15H,2,7-8,10-11H2,1,3-6H3/b13-9+/t14-,15-/m0/s1. The summed E-state index contributed by atoms with van der Waals surface area (Å²) in [6.45, 7) is 15.2. The van der Waals surface area contributed by atoms with Gasteiger partial charge in [-0.05, 0) is 57.3 Å². The zero-order valence-electron chi connectivity index (χ0n) is 13.1. The molecular formula is C17H28O2. The van der Waals surface area contributed by atoms with E-state index in [9.17, 15) is 4.79 Å². The average Bonchev–Trinajstić information content (AvgIpc) is 2.53. The van der Waals surface area contributed by atoms with Crippen LogP contribution in [0.3, 0.4) is 0 Å². The Kier molecular flexibility index (Phi) is 5.39. The van der Waals surface area contributed by atoms with Crippen molar-refractivity contribution < 1.29 is 9.53 Å². The quantitative estimate of drug-likeness (QED) is 0.415. The summed E-state index contributed by atoms with van der Waals surface area (Å²) >= 11 is 0. The van der Waals surface area contributed by atoms with Crippen LogP contribution in [-0.4, -0.2) is 12.6 Å². The molecule has 0 saturated heterocycles. The molecule has 2 heteroatoms. The van der Waals surface area contributed by atoms with E-state index in [2.05, 4.69) is 27.4 Å². The second kappa shape index (κ2) is 6.40. The monoisotopic (exact) mass is 264 g/mol. The fourth-order valence-corrected chi connectivity index (χ4v) is 3.35. The molecule has 1 fully saturated rings. The van der Waals surface area contributed by atoms with E-state index in [-0.39, 0.29) is 5.97 Å². The van der Waals surface area contributed by atoms with Crippen LogP contribution in [0.4, 0.5) is 0 Å². The van der Waals surface area contributed by atoms with Crippen molar-refractivity contribution in [3.05, 3.63) is 23.8 Å². The molecule has 0 unspecified atom stereocenters. The summed E-state index contributed by atoms with van der Waals surface area (Å²) in [4.78, 5) is 11.5. The van der Waals surface area contributed by atoms with E-state index in [0.717, 1.165) is 12.0 Å². The molecule has 19 heavy (non-hydrogen) atoms. The van der Waals surface area contributed by atoms with Gasteiger partial charge < -0.3 is 4.74 Å². The first-order chi connectivity index (χ1) is 8.75. The number of carbonyl (C=O) groups is 1. The van der Waals surface area contributed by atoms with Gasteiger partial charge in [0.1, 0.15) is 0 Å². The summed E-state index contributed by atoms with van der Waals surface area (Å²) in [6.07, 6.45) is 5.03. The molecule has 0 radical (unpaired) electrons. The fourth-order valence-electron chi connectivity index (χ4n) is 3.35. The van der Waals surface area contributed by atoms with Crippen molar-refractivity contribution >= 4 is 5.97 Å². The lowest BCUT2D eigenvalue weighted by molar-refractivity contribution is -0.137. The Hall–Kier alpha value is -1.05. The maximum Gasteiger partial charge on any atom is 0.330 e. The van der Waals surface area contributed by atoms with Gasteiger partial charge in [0.05, 0.1) is 6.61 Å². The van der Waals surface area contributed by atoms with E-state index >= 15 is 0 Å². The second-order valence-electron chi connectivity index (χ2n) is 6.73. The number of hydrogen-bond acceptors (Lipinski definition) is 2. The first kappa shape index (κ1) is 16.0. The first-order valence-corrected chi connectivity index (χ1v) is 7.24. The van der Waals surface area contributed by atoms with Crippen molar-refractivity contribution in [1.82, 2.24) is 0 Å². The van der Waals surface area contributed by atoms with Crippen molar-refractivity contribution in [2.24, 2.45) is 17.3 Å². The Labute approximate surface area is 117 Å². The number of ether oxygens (including phenoxy) is 1. The highest BCUT2D eigenvalue weighted by Gasteiger charge is 2.39. The number of esters is 1. The molecule has 0 bridgehead atoms. The Morgan fingerprint density at radius 2 is 2.00 bits per heavy atom. The highest BCUT2D eigenvalue weighted by atomic mass is 16.5. The molecule has 2 atom stereocenters. The van der Waals surface area contributed by atoms with Crippen LogP contribution < -0.4 is 0 Å². The lowest BCUT2D eigenvalue weighted by atomic mass is 9.86. The molecule has 0 amide bonds. The highest BCUT2D eigenvalue weighted by Crippen LogP contribution is 2.49. The van der Waals surface area contributed by atoms with Crippen molar-refractivity contribution in [1.29, 1.82) is 0 Å². The maximum absolute atomic E-state index is 11.5. The van der Waals surface area contributed by atoms with Crippen LogP contribution in [0.1, 0.15) is 53.9 Å². The van der Waals surface area contributed by atoms with Gasteiger partial charge in [-0.2, -0.15) is 0 Å². The van der Waals surface area contributed by atoms with Gasteiger partial charge in [0, 0.05) is 6.08 Å². The number of hydrogen-bond donors (Lipinski definition) is 0. The SMILES string of the molecule is C=C(C)[C@@H]1CC(C)(C)C[C@@H]1C/C(C)=C/C(=O)OCC. The Morgan fingerprint density at radius 3 is 2.53 bits per heavy atom. The van der Waals surface area contributed by atoms with E-state index < -0.39 is 0 Å². The van der Waals surface area contributed by atoms with E-state index in [1.807, 2.05) is 13.8 Å². The van der Waals surface area contributed by atoms with Crippen LogP contribution in [0.15, 0.2) is 23.8 Å². The zero-order chi connectivity index (χ0) is 14.6. The molecular weight excluding hydrogens is 236 g/mol. The predicted molar refractivity (Wildman–Crippen MR) is 79.8 cm³/mol. The summed E-state index contributed by atoms with van der Waals surface area (Å²) in [5, 5.41) is 0. The molecule has 1 aliphatic rings. The van der Waals surface area contributed by atoms with Gasteiger partial charge >= 0.3 is 5.97 Å². The molecule has 0 aromatic heterocycles. The molecule has 0 spiro atoms. The number of allylic oxidation sites excluding steroid dienone is 2. The molecule has 1 saturated carbocycles. The zero-order valence-corrected chi connectivity index (χ0v) is 13.1. The topological polar surface area (TPSA) is 26.3 Å². The third kappa shape index (κ3) is 4.85. The van der Waals surface area contributed by atoms with E-state index in [1.54, 1.807) is 6.08 Å². The minimum absolute atomic E-state index is 0.218. The first-order valence-electron chi connectivity index (χ1n) is 7.24. The third-order valence-electron chi connectivity index (χ3n) is 4.02. The minimum atomic E-state index is -0.218. The normalized spacial score (nSPS) is 26.3. The second-order valence-corrected chi connectivity index (χ2v) is 6.73. The lowest BCUT2D eigenvalue weighted by Gasteiger charge is -2.19. The Balaban J connectivity index is 2.69. The predicted octanol–water partition coefficient (Wildman–Crippen LogP) is 4.51. The molecule has 108 valence electrons. The van der Waals surface area contributed by atoms with E-state index in [0.29, 0.717) is 23.9 Å². The van der Waals surface area contributed by atoms with Gasteiger partial charge in [-0.3, -0.25) is 0 Å². The molecule has 0 aliphatic heterocycles. The van der Waals surface area contributed by atoms with Crippen molar-refractivity contribution in [2.75, 3.05) is 6.61 Å². The Morgan fingerprint density at radius 1 is 1.37 bits per heavy atom. The third-order valence-corrected chi connectivity index (χ3v) is 4.02. The Bertz CT molecular complexity index is 377. The minimum Gasteiger partial charge on any atom is -0.463 e. The molecule has 0 aromatic rings. The lowest BCUT2D eigenvalue weighted by Crippen LogP contribution is -2.10. The molecule has 0 N–H and O–H groups in total. The van der Waals surface area contributed by atoms with Gasteiger partial charge in [-0.1, -0.05) is 31.6 Å². The van der Waals surface area contributed by atoms with Gasteiger partial charge in [0.2, 0.25) is 0 Å². The smallest absolute Gasteiger partial charge is 0.330 e. The fraction of sp³-hybridized carbons (Fsp3) is 0.706. The average molecular weight is 264 g/mol. The molecule has 0 heterocycles. The van der Waals surface area contributed by atoms with Gasteiger partial charge in [0.15, 0.2) is 0 Å². The number of carbonyl (C=O) groups excluding carboxylic acids is 1. The van der Waals surface area contributed by atoms with Gasteiger partial charge in [-0.15, -0.1) is 0 Å². The molecule has 2 nitrogen and oxygen atoms in total. The summed E-state index contributed by atoms with van der Waals surface area (Å²) < 4.78 is 4.96. The molecule has 1 aliphatic carbocycles. The van der Waals surface area contributed by atoms with Crippen molar-refractivity contribution in [3.63, 3.8) is 0 Å². The van der Waals surface area contributed by atoms with Gasteiger partial charge in [-0.25, -0.2) is 4.79 Å². The summed E-state index contributed by atoms with van der Waals surface area (Å²) in [5.41, 5.74) is 2.78. The van der Waals surface area contributed by atoms with E-state index in [1.165, 1.54) is 18.4 Å². The van der Waals surface area contributed by atoms with Crippen molar-refractivity contribution in [3.8, 4) is 0 Å². The van der Waals surface area contributed by atoms with Crippen LogP contribution >= 0.6 is 0 Å². The molecule has 0 aromatic carbocycles. The molecule has 1 rings (SSSR count). The largest absolute Gasteiger partial charge is 0.463 e. The summed E-state index contributed by atoms with van der Waals surface area (Å²) in [5.74, 6) is 0.975. The van der Waals surface area contributed by atoms with Gasteiger partial charge in [0.25, 0.3) is 0 Å². The van der Waals surface area contributed by atoms with Crippen molar-refractivity contribution in [2.45, 2.75) is 53.9 Å². The van der Waals surface area contributed by atoms with E-state index in [4.69, 9.17) is 4.74 Å².